The number of carboxylic acid groups (broad SMARTS) is 1. The maximum absolute atomic E-state index is 11.9. The summed E-state index contributed by atoms with van der Waals surface area (Å²) < 4.78 is 14.8. The van der Waals surface area contributed by atoms with Gasteiger partial charge in [-0.2, -0.15) is 0 Å². The molecule has 116 valence electrons. The minimum atomic E-state index is -1.14. The van der Waals surface area contributed by atoms with Gasteiger partial charge in [0.05, 0.1) is 13.2 Å². The van der Waals surface area contributed by atoms with Crippen LogP contribution in [0, 0.1) is 0 Å². The number of pyridine rings is 1. The number of methoxy groups -OCH3 is 2. The van der Waals surface area contributed by atoms with Gasteiger partial charge >= 0.3 is 5.97 Å². The number of hydrogen-bond acceptors (Lipinski definition) is 6. The third kappa shape index (κ3) is 5.76. The van der Waals surface area contributed by atoms with Gasteiger partial charge in [0.15, 0.2) is 6.10 Å². The van der Waals surface area contributed by atoms with Gasteiger partial charge in [-0.05, 0) is 6.07 Å². The normalized spacial score (nSPS) is 11.7. The zero-order valence-corrected chi connectivity index (χ0v) is 11.9. The molecule has 1 aromatic heterocycles. The molecule has 0 saturated carbocycles. The van der Waals surface area contributed by atoms with Crippen LogP contribution in [0.15, 0.2) is 18.3 Å². The highest BCUT2D eigenvalue weighted by atomic mass is 16.5. The number of carboxylic acids is 1. The topological polar surface area (TPSA) is 107 Å². The maximum atomic E-state index is 11.9. The highest BCUT2D eigenvalue weighted by Gasteiger charge is 2.17. The minimum Gasteiger partial charge on any atom is -0.479 e. The van der Waals surface area contributed by atoms with Crippen LogP contribution in [0.1, 0.15) is 10.4 Å². The number of carbonyl (C=O) groups is 2. The summed E-state index contributed by atoms with van der Waals surface area (Å²) >= 11 is 0. The van der Waals surface area contributed by atoms with E-state index in [0.717, 1.165) is 0 Å². The summed E-state index contributed by atoms with van der Waals surface area (Å²) in [6, 6.07) is 2.97. The molecule has 1 amide bonds. The first-order valence-corrected chi connectivity index (χ1v) is 6.20. The summed E-state index contributed by atoms with van der Waals surface area (Å²) in [5.74, 6) is -1.28. The second-order valence-corrected chi connectivity index (χ2v) is 4.00. The number of carbonyl (C=O) groups excluding carboxylic acids is 1. The minimum absolute atomic E-state index is 0.132. The van der Waals surface area contributed by atoms with Crippen LogP contribution in [-0.2, 0) is 14.3 Å². The molecule has 0 aliphatic carbocycles. The fourth-order valence-electron chi connectivity index (χ4n) is 1.42. The third-order valence-corrected chi connectivity index (χ3v) is 2.54. The smallest absolute Gasteiger partial charge is 0.334 e. The van der Waals surface area contributed by atoms with Crippen LogP contribution in [0.4, 0.5) is 0 Å². The van der Waals surface area contributed by atoms with Crippen molar-refractivity contribution in [3.8, 4) is 5.88 Å². The average molecular weight is 298 g/mol. The molecule has 0 bridgehead atoms. The number of nitrogens with one attached hydrogen (secondary N) is 1. The summed E-state index contributed by atoms with van der Waals surface area (Å²) in [5.41, 5.74) is 0.317. The second kappa shape index (κ2) is 8.88. The quantitative estimate of drug-likeness (QED) is 0.615. The number of hydrogen-bond donors (Lipinski definition) is 2. The highest BCUT2D eigenvalue weighted by molar-refractivity contribution is 5.94. The van der Waals surface area contributed by atoms with E-state index in [1.54, 1.807) is 7.11 Å². The van der Waals surface area contributed by atoms with Gasteiger partial charge in [0.25, 0.3) is 5.91 Å². The summed E-state index contributed by atoms with van der Waals surface area (Å²) in [5, 5.41) is 11.3. The van der Waals surface area contributed by atoms with Crippen LogP contribution >= 0.6 is 0 Å². The average Bonchev–Trinajstić information content (AvgIpc) is 2.48. The number of aliphatic carboxylic acids is 1. The molecule has 1 rings (SSSR count). The highest BCUT2D eigenvalue weighted by Crippen LogP contribution is 2.09. The molecule has 0 fully saturated rings. The Morgan fingerprint density at radius 1 is 1.38 bits per heavy atom. The Balaban J connectivity index is 2.57. The largest absolute Gasteiger partial charge is 0.479 e. The van der Waals surface area contributed by atoms with Crippen LogP contribution < -0.4 is 10.1 Å². The van der Waals surface area contributed by atoms with Crippen molar-refractivity contribution in [2.24, 2.45) is 0 Å². The number of rotatable bonds is 9. The van der Waals surface area contributed by atoms with E-state index in [9.17, 15) is 9.59 Å². The van der Waals surface area contributed by atoms with Crippen molar-refractivity contribution in [2.45, 2.75) is 6.10 Å². The predicted octanol–water partition coefficient (Wildman–Crippen LogP) is -0.0638. The van der Waals surface area contributed by atoms with Gasteiger partial charge in [-0.3, -0.25) is 4.79 Å². The molecule has 0 aliphatic rings. The monoisotopic (exact) mass is 298 g/mol. The van der Waals surface area contributed by atoms with E-state index in [1.165, 1.54) is 25.4 Å². The Labute approximate surface area is 122 Å². The fraction of sp³-hybridized carbons (Fsp3) is 0.462. The molecule has 8 heteroatoms. The summed E-state index contributed by atoms with van der Waals surface area (Å²) in [7, 11) is 2.81. The molecule has 0 aromatic carbocycles. The Kier molecular flexibility index (Phi) is 7.13. The first-order valence-electron chi connectivity index (χ1n) is 6.20. The summed E-state index contributed by atoms with van der Waals surface area (Å²) in [4.78, 5) is 26.6. The predicted molar refractivity (Wildman–Crippen MR) is 72.4 cm³/mol. The molecule has 1 atom stereocenters. The van der Waals surface area contributed by atoms with Crippen molar-refractivity contribution in [2.75, 3.05) is 34.0 Å². The van der Waals surface area contributed by atoms with Gasteiger partial charge in [0.2, 0.25) is 5.88 Å². The fourth-order valence-corrected chi connectivity index (χ4v) is 1.42. The lowest BCUT2D eigenvalue weighted by atomic mass is 10.2. The number of aromatic nitrogens is 1. The molecular formula is C13H18N2O6. The van der Waals surface area contributed by atoms with E-state index in [2.05, 4.69) is 10.3 Å². The van der Waals surface area contributed by atoms with E-state index in [4.69, 9.17) is 19.3 Å². The molecular weight excluding hydrogens is 280 g/mol. The molecule has 1 heterocycles. The first-order chi connectivity index (χ1) is 10.1. The Bertz CT molecular complexity index is 479. The van der Waals surface area contributed by atoms with Gasteiger partial charge < -0.3 is 24.6 Å². The van der Waals surface area contributed by atoms with Crippen molar-refractivity contribution in [3.63, 3.8) is 0 Å². The summed E-state index contributed by atoms with van der Waals surface area (Å²) in [6.07, 6.45) is 0.343. The van der Waals surface area contributed by atoms with Crippen molar-refractivity contribution in [1.82, 2.24) is 10.3 Å². The summed E-state index contributed by atoms with van der Waals surface area (Å²) in [6.45, 7) is 0.596. The van der Waals surface area contributed by atoms with E-state index in [1.807, 2.05) is 0 Å². The van der Waals surface area contributed by atoms with E-state index < -0.39 is 18.0 Å². The molecule has 21 heavy (non-hydrogen) atoms. The molecule has 2 N–H and O–H groups in total. The third-order valence-electron chi connectivity index (χ3n) is 2.54. The zero-order chi connectivity index (χ0) is 15.7. The van der Waals surface area contributed by atoms with Gasteiger partial charge in [0, 0.05) is 32.0 Å². The van der Waals surface area contributed by atoms with Crippen LogP contribution in [0.5, 0.6) is 5.88 Å². The second-order valence-electron chi connectivity index (χ2n) is 4.00. The molecule has 0 saturated heterocycles. The standard InChI is InChI=1S/C13H18N2O6/c1-19-5-6-21-11-7-9(3-4-14-11)12(16)15-8-10(20-2)13(17)18/h3-4,7,10H,5-6,8H2,1-2H3,(H,15,16)(H,17,18). The van der Waals surface area contributed by atoms with Crippen LogP contribution in [-0.4, -0.2) is 62.0 Å². The van der Waals surface area contributed by atoms with Gasteiger partial charge in [-0.25, -0.2) is 9.78 Å². The van der Waals surface area contributed by atoms with E-state index in [-0.39, 0.29) is 6.54 Å². The van der Waals surface area contributed by atoms with Gasteiger partial charge in [0.1, 0.15) is 6.61 Å². The van der Waals surface area contributed by atoms with Crippen LogP contribution in [0.3, 0.4) is 0 Å². The molecule has 0 aliphatic heterocycles. The van der Waals surface area contributed by atoms with Gasteiger partial charge in [-0.1, -0.05) is 0 Å². The number of amides is 1. The molecule has 1 unspecified atom stereocenters. The van der Waals surface area contributed by atoms with Crippen molar-refractivity contribution in [3.05, 3.63) is 23.9 Å². The lowest BCUT2D eigenvalue weighted by molar-refractivity contribution is -0.148. The maximum Gasteiger partial charge on any atom is 0.334 e. The molecule has 0 spiro atoms. The molecule has 8 nitrogen and oxygen atoms in total. The number of nitrogens with zero attached hydrogens (tertiary/aromatic N) is 1. The zero-order valence-electron chi connectivity index (χ0n) is 11.9. The van der Waals surface area contributed by atoms with Crippen molar-refractivity contribution >= 4 is 11.9 Å². The first kappa shape index (κ1) is 16.9. The van der Waals surface area contributed by atoms with Gasteiger partial charge in [-0.15, -0.1) is 0 Å². The lowest BCUT2D eigenvalue weighted by Crippen LogP contribution is -2.37. The van der Waals surface area contributed by atoms with E-state index in [0.29, 0.717) is 24.7 Å². The van der Waals surface area contributed by atoms with Crippen molar-refractivity contribution in [1.29, 1.82) is 0 Å². The SMILES string of the molecule is COCCOc1cc(C(=O)NCC(OC)C(=O)O)ccn1. The number of ether oxygens (including phenoxy) is 3. The Morgan fingerprint density at radius 2 is 2.14 bits per heavy atom. The van der Waals surface area contributed by atoms with Crippen molar-refractivity contribution < 1.29 is 28.9 Å². The Hall–Kier alpha value is -2.19. The molecule has 1 aromatic rings. The lowest BCUT2D eigenvalue weighted by Gasteiger charge is -2.12. The van der Waals surface area contributed by atoms with E-state index >= 15 is 0 Å². The Morgan fingerprint density at radius 3 is 2.76 bits per heavy atom. The van der Waals surface area contributed by atoms with Crippen LogP contribution in [0.2, 0.25) is 0 Å². The van der Waals surface area contributed by atoms with Crippen LogP contribution in [0.25, 0.3) is 0 Å². The molecule has 0 radical (unpaired) electrons.